The third-order valence-electron chi connectivity index (χ3n) is 4.48. The number of urea groups is 1. The molecule has 0 aliphatic heterocycles. The van der Waals surface area contributed by atoms with Crippen LogP contribution >= 0.6 is 0 Å². The quantitative estimate of drug-likeness (QED) is 0.475. The van der Waals surface area contributed by atoms with Crippen LogP contribution < -0.4 is 10.6 Å². The standard InChI is InChI=1S/C23H19FN4O/c1-14-9-15(2)11-16(10-14)20-12-17-13-25-8-7-21(17)27-22(20)28-23(29)26-19-5-3-18(24)4-6-19/h3-13H,1-2H3,(H2,26,27,28,29). The molecule has 5 nitrogen and oxygen atoms in total. The van der Waals surface area contributed by atoms with Gasteiger partial charge in [0.1, 0.15) is 11.6 Å². The van der Waals surface area contributed by atoms with Gasteiger partial charge in [0.05, 0.1) is 5.52 Å². The van der Waals surface area contributed by atoms with Crippen molar-refractivity contribution in [1.29, 1.82) is 0 Å². The topological polar surface area (TPSA) is 66.9 Å². The van der Waals surface area contributed by atoms with Crippen LogP contribution in [0.2, 0.25) is 0 Å². The highest BCUT2D eigenvalue weighted by atomic mass is 19.1. The Labute approximate surface area is 167 Å². The van der Waals surface area contributed by atoms with Gasteiger partial charge in [0, 0.05) is 29.0 Å². The Morgan fingerprint density at radius 3 is 2.38 bits per heavy atom. The number of halogens is 1. The maximum Gasteiger partial charge on any atom is 0.324 e. The fourth-order valence-electron chi connectivity index (χ4n) is 3.27. The van der Waals surface area contributed by atoms with E-state index in [0.29, 0.717) is 11.5 Å². The monoisotopic (exact) mass is 386 g/mol. The lowest BCUT2D eigenvalue weighted by atomic mass is 10.00. The first-order valence-corrected chi connectivity index (χ1v) is 9.15. The highest BCUT2D eigenvalue weighted by molar-refractivity contribution is 6.03. The van der Waals surface area contributed by atoms with Crippen LogP contribution in [0.3, 0.4) is 0 Å². The number of hydrogen-bond donors (Lipinski definition) is 2. The van der Waals surface area contributed by atoms with E-state index in [9.17, 15) is 9.18 Å². The molecule has 0 aliphatic rings. The van der Waals surface area contributed by atoms with Crippen LogP contribution in [0.25, 0.3) is 22.0 Å². The Hall–Kier alpha value is -3.80. The van der Waals surface area contributed by atoms with Crippen LogP contribution in [0.15, 0.2) is 67.0 Å². The molecule has 2 aromatic heterocycles. The second-order valence-electron chi connectivity index (χ2n) is 6.92. The van der Waals surface area contributed by atoms with Crippen molar-refractivity contribution >= 4 is 28.4 Å². The molecule has 0 saturated heterocycles. The molecule has 0 atom stereocenters. The summed E-state index contributed by atoms with van der Waals surface area (Å²) in [6.45, 7) is 4.06. The molecule has 0 unspecified atom stereocenters. The predicted molar refractivity (Wildman–Crippen MR) is 113 cm³/mol. The van der Waals surface area contributed by atoms with Crippen molar-refractivity contribution in [3.05, 3.63) is 83.9 Å². The zero-order valence-corrected chi connectivity index (χ0v) is 16.0. The minimum absolute atomic E-state index is 0.363. The summed E-state index contributed by atoms with van der Waals surface area (Å²) in [6, 6.07) is 15.1. The largest absolute Gasteiger partial charge is 0.324 e. The van der Waals surface area contributed by atoms with Crippen LogP contribution in [0.4, 0.5) is 20.7 Å². The van der Waals surface area contributed by atoms with E-state index in [0.717, 1.165) is 33.2 Å². The maximum absolute atomic E-state index is 13.1. The van der Waals surface area contributed by atoms with Gasteiger partial charge in [0.2, 0.25) is 0 Å². The van der Waals surface area contributed by atoms with Gasteiger partial charge in [0.15, 0.2) is 0 Å². The number of carbonyl (C=O) groups excluding carboxylic acids is 1. The van der Waals surface area contributed by atoms with Gasteiger partial charge in [-0.2, -0.15) is 0 Å². The van der Waals surface area contributed by atoms with E-state index in [1.54, 1.807) is 18.5 Å². The van der Waals surface area contributed by atoms with Crippen molar-refractivity contribution in [2.45, 2.75) is 13.8 Å². The van der Waals surface area contributed by atoms with Gasteiger partial charge in [0.25, 0.3) is 0 Å². The molecule has 4 aromatic rings. The molecule has 0 bridgehead atoms. The van der Waals surface area contributed by atoms with Crippen molar-refractivity contribution < 1.29 is 9.18 Å². The van der Waals surface area contributed by atoms with Gasteiger partial charge < -0.3 is 5.32 Å². The normalized spacial score (nSPS) is 10.7. The summed E-state index contributed by atoms with van der Waals surface area (Å²) < 4.78 is 13.1. The summed E-state index contributed by atoms with van der Waals surface area (Å²) >= 11 is 0. The molecule has 2 heterocycles. The second kappa shape index (κ2) is 7.67. The fraction of sp³-hybridized carbons (Fsp3) is 0.0870. The van der Waals surface area contributed by atoms with Crippen molar-refractivity contribution in [2.75, 3.05) is 10.6 Å². The fourth-order valence-corrected chi connectivity index (χ4v) is 3.27. The Morgan fingerprint density at radius 2 is 1.66 bits per heavy atom. The molecule has 0 spiro atoms. The molecule has 0 fully saturated rings. The predicted octanol–water partition coefficient (Wildman–Crippen LogP) is 5.70. The van der Waals surface area contributed by atoms with E-state index in [2.05, 4.69) is 38.8 Å². The van der Waals surface area contributed by atoms with Gasteiger partial charge >= 0.3 is 6.03 Å². The maximum atomic E-state index is 13.1. The van der Waals surface area contributed by atoms with Gasteiger partial charge in [-0.15, -0.1) is 0 Å². The average molecular weight is 386 g/mol. The molecule has 6 heteroatoms. The van der Waals surface area contributed by atoms with Gasteiger partial charge in [-0.25, -0.2) is 14.2 Å². The summed E-state index contributed by atoms with van der Waals surface area (Å²) in [5, 5.41) is 6.41. The molecule has 0 radical (unpaired) electrons. The smallest absolute Gasteiger partial charge is 0.308 e. The number of amides is 2. The molecule has 2 aromatic carbocycles. The van der Waals surface area contributed by atoms with Gasteiger partial charge in [-0.3, -0.25) is 10.3 Å². The van der Waals surface area contributed by atoms with Crippen LogP contribution in [0.1, 0.15) is 11.1 Å². The van der Waals surface area contributed by atoms with E-state index in [4.69, 9.17) is 0 Å². The zero-order chi connectivity index (χ0) is 20.4. The molecule has 144 valence electrons. The van der Waals surface area contributed by atoms with Gasteiger partial charge in [-0.05, 0) is 55.8 Å². The van der Waals surface area contributed by atoms with Crippen LogP contribution in [0.5, 0.6) is 0 Å². The summed E-state index contributed by atoms with van der Waals surface area (Å²) in [4.78, 5) is 21.4. The number of pyridine rings is 2. The van der Waals surface area contributed by atoms with Crippen molar-refractivity contribution in [3.8, 4) is 11.1 Å². The Morgan fingerprint density at radius 1 is 0.931 bits per heavy atom. The number of aryl methyl sites for hydroxylation is 2. The highest BCUT2D eigenvalue weighted by Crippen LogP contribution is 2.31. The first-order valence-electron chi connectivity index (χ1n) is 9.15. The molecule has 29 heavy (non-hydrogen) atoms. The average Bonchev–Trinajstić information content (AvgIpc) is 2.68. The molecule has 2 N–H and O–H groups in total. The molecule has 0 aliphatic carbocycles. The van der Waals surface area contributed by atoms with Crippen LogP contribution in [0, 0.1) is 19.7 Å². The molecule has 4 rings (SSSR count). The summed E-state index contributed by atoms with van der Waals surface area (Å²) in [7, 11) is 0. The number of rotatable bonds is 3. The number of aromatic nitrogens is 2. The lowest BCUT2D eigenvalue weighted by Crippen LogP contribution is -2.20. The number of nitrogens with one attached hydrogen (secondary N) is 2. The lowest BCUT2D eigenvalue weighted by Gasteiger charge is -2.14. The van der Waals surface area contributed by atoms with Crippen molar-refractivity contribution in [3.63, 3.8) is 0 Å². The lowest BCUT2D eigenvalue weighted by molar-refractivity contribution is 0.262. The Balaban J connectivity index is 1.73. The summed E-state index contributed by atoms with van der Waals surface area (Å²) in [6.07, 6.45) is 3.41. The van der Waals surface area contributed by atoms with Crippen LogP contribution in [-0.4, -0.2) is 16.0 Å². The number of fused-ring (bicyclic) bond motifs is 1. The molecular formula is C23H19FN4O. The number of hydrogen-bond acceptors (Lipinski definition) is 3. The number of anilines is 2. The molecular weight excluding hydrogens is 367 g/mol. The first-order chi connectivity index (χ1) is 14.0. The third kappa shape index (κ3) is 4.21. The molecule has 0 saturated carbocycles. The van der Waals surface area contributed by atoms with Gasteiger partial charge in [-0.1, -0.05) is 29.3 Å². The SMILES string of the molecule is Cc1cc(C)cc(-c2cc3cnccc3nc2NC(=O)Nc2ccc(F)cc2)c1. The number of nitrogens with zero attached hydrogens (tertiary/aromatic N) is 2. The molecule has 2 amide bonds. The highest BCUT2D eigenvalue weighted by Gasteiger charge is 2.13. The van der Waals surface area contributed by atoms with E-state index >= 15 is 0 Å². The van der Waals surface area contributed by atoms with E-state index in [1.807, 2.05) is 19.9 Å². The summed E-state index contributed by atoms with van der Waals surface area (Å²) in [5.74, 6) is 0.0752. The minimum Gasteiger partial charge on any atom is -0.308 e. The Bertz CT molecular complexity index is 1190. The second-order valence-corrected chi connectivity index (χ2v) is 6.92. The van der Waals surface area contributed by atoms with Crippen molar-refractivity contribution in [2.24, 2.45) is 0 Å². The van der Waals surface area contributed by atoms with E-state index < -0.39 is 6.03 Å². The zero-order valence-electron chi connectivity index (χ0n) is 16.0. The Kier molecular flexibility index (Phi) is 4.91. The van der Waals surface area contributed by atoms with E-state index in [1.165, 1.54) is 24.3 Å². The number of benzene rings is 2. The first kappa shape index (κ1) is 18.6. The minimum atomic E-state index is -0.455. The number of carbonyl (C=O) groups is 1. The van der Waals surface area contributed by atoms with E-state index in [-0.39, 0.29) is 5.82 Å². The third-order valence-corrected chi connectivity index (χ3v) is 4.48. The van der Waals surface area contributed by atoms with Crippen LogP contribution in [-0.2, 0) is 0 Å². The summed E-state index contributed by atoms with van der Waals surface area (Å²) in [5.41, 5.74) is 5.21. The van der Waals surface area contributed by atoms with Crippen molar-refractivity contribution in [1.82, 2.24) is 9.97 Å².